The Bertz CT molecular complexity index is 1110. The van der Waals surface area contributed by atoms with Crippen molar-refractivity contribution in [3.05, 3.63) is 77.4 Å². The van der Waals surface area contributed by atoms with Gasteiger partial charge in [0.15, 0.2) is 5.76 Å². The van der Waals surface area contributed by atoms with Crippen LogP contribution in [0.3, 0.4) is 0 Å². The number of ketones is 1. The maximum Gasteiger partial charge on any atom is 0.379 e. The van der Waals surface area contributed by atoms with Crippen molar-refractivity contribution >= 4 is 17.8 Å². The van der Waals surface area contributed by atoms with Crippen LogP contribution in [0, 0.1) is 0 Å². The van der Waals surface area contributed by atoms with E-state index in [9.17, 15) is 9.59 Å². The molecule has 0 N–H and O–H groups in total. The molecule has 2 heterocycles. The summed E-state index contributed by atoms with van der Waals surface area (Å²) in [6.45, 7) is 0. The second-order valence-electron chi connectivity index (χ2n) is 6.07. The van der Waals surface area contributed by atoms with E-state index in [4.69, 9.17) is 23.4 Å². The van der Waals surface area contributed by atoms with Crippen molar-refractivity contribution in [2.75, 3.05) is 14.2 Å². The fraction of sp³-hybridized carbons (Fsp3) is 0.0909. The zero-order chi connectivity index (χ0) is 20.4. The van der Waals surface area contributed by atoms with Crippen molar-refractivity contribution < 1.29 is 33.0 Å². The number of allylic oxidation sites excluding steroid dienone is 1. The van der Waals surface area contributed by atoms with Crippen LogP contribution in [0.2, 0.25) is 0 Å². The first-order chi connectivity index (χ1) is 14.1. The number of methoxy groups -OCH3 is 2. The second kappa shape index (κ2) is 7.55. The molecule has 3 aromatic rings. The Morgan fingerprint density at radius 2 is 1.83 bits per heavy atom. The average Bonchev–Trinajstić information content (AvgIpc) is 3.37. The van der Waals surface area contributed by atoms with Crippen LogP contribution >= 0.6 is 0 Å². The van der Waals surface area contributed by atoms with E-state index in [0.29, 0.717) is 28.4 Å². The van der Waals surface area contributed by atoms with Crippen LogP contribution < -0.4 is 18.9 Å². The van der Waals surface area contributed by atoms with Crippen LogP contribution in [0.25, 0.3) is 6.08 Å². The maximum atomic E-state index is 12.7. The Labute approximate surface area is 166 Å². The summed E-state index contributed by atoms with van der Waals surface area (Å²) in [5.74, 6) is 0.997. The first-order valence-electron chi connectivity index (χ1n) is 8.65. The Morgan fingerprint density at radius 1 is 1.00 bits per heavy atom. The van der Waals surface area contributed by atoms with Crippen LogP contribution in [-0.2, 0) is 0 Å². The van der Waals surface area contributed by atoms with Gasteiger partial charge in [0, 0.05) is 11.6 Å². The van der Waals surface area contributed by atoms with E-state index in [1.54, 1.807) is 43.5 Å². The summed E-state index contributed by atoms with van der Waals surface area (Å²) in [5, 5.41) is 0. The predicted molar refractivity (Wildman–Crippen MR) is 103 cm³/mol. The van der Waals surface area contributed by atoms with E-state index in [2.05, 4.69) is 0 Å². The molecule has 7 nitrogen and oxygen atoms in total. The van der Waals surface area contributed by atoms with Crippen LogP contribution in [-0.4, -0.2) is 26.0 Å². The molecule has 0 unspecified atom stereocenters. The van der Waals surface area contributed by atoms with Gasteiger partial charge in [-0.2, -0.15) is 0 Å². The minimum Gasteiger partial charge on any atom is -0.497 e. The highest BCUT2D eigenvalue weighted by molar-refractivity contribution is 6.14. The zero-order valence-electron chi connectivity index (χ0n) is 15.6. The molecule has 29 heavy (non-hydrogen) atoms. The lowest BCUT2D eigenvalue weighted by atomic mass is 10.1. The number of furan rings is 1. The standard InChI is InChI=1S/C22H16O7/c1-25-14-6-8-17(26-2)13(10-14)11-20-21(23)16-7-5-15(12-19(16)29-20)28-22(24)18-4-3-9-27-18/h3-12H,1-2H3. The van der Waals surface area contributed by atoms with E-state index in [1.165, 1.54) is 31.6 Å². The molecule has 146 valence electrons. The SMILES string of the molecule is COc1ccc(OC)c(C=C2Oc3cc(OC(=O)c4ccco4)ccc3C2=O)c1. The fourth-order valence-corrected chi connectivity index (χ4v) is 2.88. The maximum absolute atomic E-state index is 12.7. The van der Waals surface area contributed by atoms with Gasteiger partial charge in [-0.1, -0.05) is 0 Å². The summed E-state index contributed by atoms with van der Waals surface area (Å²) in [5.41, 5.74) is 1.00. The van der Waals surface area contributed by atoms with Crippen molar-refractivity contribution in [1.82, 2.24) is 0 Å². The molecular formula is C22H16O7. The van der Waals surface area contributed by atoms with Gasteiger partial charge in [0.25, 0.3) is 0 Å². The number of hydrogen-bond donors (Lipinski definition) is 0. The number of carbonyl (C=O) groups is 2. The predicted octanol–water partition coefficient (Wildman–Crippen LogP) is 4.13. The summed E-state index contributed by atoms with van der Waals surface area (Å²) in [7, 11) is 3.09. The van der Waals surface area contributed by atoms with E-state index < -0.39 is 5.97 Å². The number of rotatable bonds is 5. The average molecular weight is 392 g/mol. The minimum atomic E-state index is -0.642. The summed E-state index contributed by atoms with van der Waals surface area (Å²) in [4.78, 5) is 24.7. The van der Waals surface area contributed by atoms with E-state index in [0.717, 1.165) is 0 Å². The van der Waals surface area contributed by atoms with Crippen molar-refractivity contribution in [3.63, 3.8) is 0 Å². The van der Waals surface area contributed by atoms with Gasteiger partial charge < -0.3 is 23.4 Å². The Morgan fingerprint density at radius 3 is 2.55 bits per heavy atom. The van der Waals surface area contributed by atoms with Crippen molar-refractivity contribution in [3.8, 4) is 23.0 Å². The lowest BCUT2D eigenvalue weighted by Crippen LogP contribution is -2.07. The van der Waals surface area contributed by atoms with Gasteiger partial charge >= 0.3 is 5.97 Å². The highest BCUT2D eigenvalue weighted by atomic mass is 16.5. The van der Waals surface area contributed by atoms with Crippen molar-refractivity contribution in [2.45, 2.75) is 0 Å². The van der Waals surface area contributed by atoms with Crippen LogP contribution in [0.1, 0.15) is 26.5 Å². The summed E-state index contributed by atoms with van der Waals surface area (Å²) in [6, 6.07) is 12.9. The van der Waals surface area contributed by atoms with Crippen LogP contribution in [0.4, 0.5) is 0 Å². The third kappa shape index (κ3) is 3.58. The first kappa shape index (κ1) is 18.4. The van der Waals surface area contributed by atoms with E-state index in [1.807, 2.05) is 0 Å². The second-order valence-corrected chi connectivity index (χ2v) is 6.07. The largest absolute Gasteiger partial charge is 0.497 e. The number of esters is 1. The molecule has 0 saturated heterocycles. The van der Waals surface area contributed by atoms with Gasteiger partial charge in [-0.25, -0.2) is 4.79 Å². The molecule has 0 bridgehead atoms. The number of benzene rings is 2. The number of Topliss-reactive ketones (excluding diaryl/α,β-unsaturated/α-hetero) is 1. The third-order valence-corrected chi connectivity index (χ3v) is 4.30. The summed E-state index contributed by atoms with van der Waals surface area (Å²) >= 11 is 0. The molecular weight excluding hydrogens is 376 g/mol. The molecule has 0 saturated carbocycles. The number of carbonyl (C=O) groups excluding carboxylic acids is 2. The molecule has 4 rings (SSSR count). The highest BCUT2D eigenvalue weighted by Crippen LogP contribution is 2.36. The monoisotopic (exact) mass is 392 g/mol. The van der Waals surface area contributed by atoms with Gasteiger partial charge in [0.1, 0.15) is 23.0 Å². The van der Waals surface area contributed by atoms with Crippen LogP contribution in [0.5, 0.6) is 23.0 Å². The van der Waals surface area contributed by atoms with E-state index in [-0.39, 0.29) is 23.1 Å². The molecule has 0 spiro atoms. The van der Waals surface area contributed by atoms with Gasteiger partial charge in [-0.15, -0.1) is 0 Å². The van der Waals surface area contributed by atoms with Crippen LogP contribution in [0.15, 0.2) is 65.0 Å². The lowest BCUT2D eigenvalue weighted by molar-refractivity contribution is 0.0701. The van der Waals surface area contributed by atoms with Crippen molar-refractivity contribution in [2.24, 2.45) is 0 Å². The van der Waals surface area contributed by atoms with Gasteiger partial charge in [-0.05, 0) is 48.5 Å². The van der Waals surface area contributed by atoms with Gasteiger partial charge in [0.2, 0.25) is 11.5 Å². The molecule has 7 heteroatoms. The zero-order valence-corrected chi connectivity index (χ0v) is 15.6. The third-order valence-electron chi connectivity index (χ3n) is 4.30. The Kier molecular flexibility index (Phi) is 4.78. The molecule has 1 aromatic heterocycles. The topological polar surface area (TPSA) is 84.2 Å². The first-order valence-corrected chi connectivity index (χ1v) is 8.65. The number of ether oxygens (including phenoxy) is 4. The van der Waals surface area contributed by atoms with Gasteiger partial charge in [-0.3, -0.25) is 4.79 Å². The smallest absolute Gasteiger partial charge is 0.379 e. The molecule has 0 radical (unpaired) electrons. The van der Waals surface area contributed by atoms with Gasteiger partial charge in [0.05, 0.1) is 26.0 Å². The van der Waals surface area contributed by atoms with Crippen molar-refractivity contribution in [1.29, 1.82) is 0 Å². The number of fused-ring (bicyclic) bond motifs is 1. The lowest BCUT2D eigenvalue weighted by Gasteiger charge is -2.08. The molecule has 1 aliphatic heterocycles. The molecule has 0 fully saturated rings. The quantitative estimate of drug-likeness (QED) is 0.367. The molecule has 1 aliphatic rings. The Balaban J connectivity index is 1.60. The highest BCUT2D eigenvalue weighted by Gasteiger charge is 2.28. The minimum absolute atomic E-state index is 0.0770. The molecule has 0 amide bonds. The summed E-state index contributed by atoms with van der Waals surface area (Å²) in [6.07, 6.45) is 2.96. The molecule has 0 atom stereocenters. The molecule has 2 aromatic carbocycles. The number of hydrogen-bond acceptors (Lipinski definition) is 7. The Hall–Kier alpha value is -4.00. The summed E-state index contributed by atoms with van der Waals surface area (Å²) < 4.78 is 26.5. The van der Waals surface area contributed by atoms with E-state index >= 15 is 0 Å². The fourth-order valence-electron chi connectivity index (χ4n) is 2.88. The molecule has 0 aliphatic carbocycles. The normalized spacial score (nSPS) is 13.7.